The molecule has 1 heterocycles. The monoisotopic (exact) mass is 373 g/mol. The van der Waals surface area contributed by atoms with Crippen LogP contribution in [0.1, 0.15) is 48.5 Å². The van der Waals surface area contributed by atoms with Crippen LogP contribution in [-0.4, -0.2) is 34.9 Å². The maximum atomic E-state index is 12.2. The van der Waals surface area contributed by atoms with E-state index in [0.29, 0.717) is 11.5 Å². The zero-order chi connectivity index (χ0) is 19.1. The molecule has 0 spiro atoms. The smallest absolute Gasteiger partial charge is 0.232 e. The second kappa shape index (κ2) is 7.21. The summed E-state index contributed by atoms with van der Waals surface area (Å²) in [4.78, 5) is 12.2. The summed E-state index contributed by atoms with van der Waals surface area (Å²) in [5.74, 6) is 0.416. The molecule has 1 unspecified atom stereocenters. The molecule has 1 N–H and O–H groups in total. The lowest BCUT2D eigenvalue weighted by Gasteiger charge is -2.49. The number of rotatable bonds is 8. The highest BCUT2D eigenvalue weighted by Gasteiger charge is 2.51. The van der Waals surface area contributed by atoms with Crippen molar-refractivity contribution in [1.82, 2.24) is 5.32 Å². The third-order valence-corrected chi connectivity index (χ3v) is 15.0. The molecule has 3 atom stereocenters. The quantitative estimate of drug-likeness (QED) is 0.494. The zero-order valence-corrected chi connectivity index (χ0v) is 19.6. The van der Waals surface area contributed by atoms with E-state index < -0.39 is 16.6 Å². The van der Waals surface area contributed by atoms with Gasteiger partial charge < -0.3 is 14.2 Å². The molecule has 0 aromatic rings. The normalized spacial score (nSPS) is 24.1. The summed E-state index contributed by atoms with van der Waals surface area (Å²) in [5, 5.41) is 3.08. The minimum absolute atomic E-state index is 0.0632. The molecule has 1 aliphatic rings. The zero-order valence-electron chi connectivity index (χ0n) is 17.6. The first-order chi connectivity index (χ1) is 10.6. The Kier molecular flexibility index (Phi) is 6.57. The first kappa shape index (κ1) is 21.9. The lowest BCUT2D eigenvalue weighted by molar-refractivity contribution is -0.152. The van der Waals surface area contributed by atoms with Gasteiger partial charge in [0.15, 0.2) is 16.6 Å². The van der Waals surface area contributed by atoms with Crippen molar-refractivity contribution in [3.63, 3.8) is 0 Å². The Labute approximate surface area is 151 Å². The third kappa shape index (κ3) is 4.32. The van der Waals surface area contributed by atoms with E-state index in [0.717, 1.165) is 0 Å². The van der Waals surface area contributed by atoms with Crippen LogP contribution in [0.2, 0.25) is 36.8 Å². The van der Waals surface area contributed by atoms with E-state index in [4.69, 9.17) is 8.85 Å². The molecule has 1 aliphatic heterocycles. The number of hydrogen-bond acceptors (Lipinski definition) is 3. The Bertz CT molecular complexity index is 461. The molecular formula is C18H39NO3Si2. The largest absolute Gasteiger partial charge is 0.413 e. The fraction of sp³-hybridized carbons (Fsp3) is 0.944. The van der Waals surface area contributed by atoms with E-state index in [1.165, 1.54) is 0 Å². The SMILES string of the molecule is CC(O[Si](C)(C)C(C)(C)C(C)C)[C@H]1C(=O)N[C@@H]1O[Si](C)(C)C(C)C. The van der Waals surface area contributed by atoms with E-state index in [1.807, 2.05) is 6.92 Å². The van der Waals surface area contributed by atoms with E-state index in [-0.39, 0.29) is 29.2 Å². The van der Waals surface area contributed by atoms with Gasteiger partial charge in [-0.1, -0.05) is 41.5 Å². The maximum absolute atomic E-state index is 12.2. The van der Waals surface area contributed by atoms with Gasteiger partial charge in [-0.25, -0.2) is 0 Å². The highest BCUT2D eigenvalue weighted by Crippen LogP contribution is 2.46. The average molecular weight is 374 g/mol. The molecular weight excluding hydrogens is 334 g/mol. The first-order valence-corrected chi connectivity index (χ1v) is 15.2. The van der Waals surface area contributed by atoms with Crippen LogP contribution >= 0.6 is 0 Å². The minimum atomic E-state index is -1.97. The summed E-state index contributed by atoms with van der Waals surface area (Å²) in [7, 11) is -3.77. The van der Waals surface area contributed by atoms with Gasteiger partial charge in [-0.3, -0.25) is 4.79 Å². The van der Waals surface area contributed by atoms with Crippen molar-refractivity contribution in [1.29, 1.82) is 0 Å². The Morgan fingerprint density at radius 2 is 1.54 bits per heavy atom. The lowest BCUT2D eigenvalue weighted by atomic mass is 9.94. The molecule has 1 rings (SSSR count). The van der Waals surface area contributed by atoms with Crippen LogP contribution in [-0.2, 0) is 13.6 Å². The molecule has 0 bridgehead atoms. The minimum Gasteiger partial charge on any atom is -0.413 e. The van der Waals surface area contributed by atoms with Crippen LogP contribution < -0.4 is 5.32 Å². The molecule has 1 saturated heterocycles. The van der Waals surface area contributed by atoms with Gasteiger partial charge in [0.25, 0.3) is 0 Å². The predicted octanol–water partition coefficient (Wildman–Crippen LogP) is 4.74. The number of β-lactam (4-membered cyclic amide) rings is 1. The molecule has 0 aliphatic carbocycles. The summed E-state index contributed by atoms with van der Waals surface area (Å²) in [6.45, 7) is 24.5. The van der Waals surface area contributed by atoms with Gasteiger partial charge in [0, 0.05) is 0 Å². The number of nitrogens with one attached hydrogen (secondary N) is 1. The Morgan fingerprint density at radius 1 is 1.04 bits per heavy atom. The van der Waals surface area contributed by atoms with Crippen LogP contribution in [0.5, 0.6) is 0 Å². The van der Waals surface area contributed by atoms with Crippen molar-refractivity contribution in [3.05, 3.63) is 0 Å². The molecule has 4 nitrogen and oxygen atoms in total. The van der Waals surface area contributed by atoms with Crippen molar-refractivity contribution < 1.29 is 13.6 Å². The summed E-state index contributed by atoms with van der Waals surface area (Å²) in [5.41, 5.74) is 0.512. The van der Waals surface area contributed by atoms with Crippen LogP contribution in [0.25, 0.3) is 0 Å². The van der Waals surface area contributed by atoms with Crippen molar-refractivity contribution in [2.75, 3.05) is 0 Å². The second-order valence-corrected chi connectivity index (χ2v) is 18.7. The number of amides is 1. The van der Waals surface area contributed by atoms with Crippen molar-refractivity contribution in [3.8, 4) is 0 Å². The average Bonchev–Trinajstić information content (AvgIpc) is 2.35. The van der Waals surface area contributed by atoms with Crippen molar-refractivity contribution in [2.24, 2.45) is 11.8 Å². The molecule has 6 heteroatoms. The van der Waals surface area contributed by atoms with Gasteiger partial charge in [-0.2, -0.15) is 0 Å². The lowest BCUT2D eigenvalue weighted by Crippen LogP contribution is -2.67. The van der Waals surface area contributed by atoms with Crippen LogP contribution in [0, 0.1) is 11.8 Å². The summed E-state index contributed by atoms with van der Waals surface area (Å²) in [6, 6.07) is 0. The molecule has 1 amide bonds. The van der Waals surface area contributed by atoms with Gasteiger partial charge in [-0.15, -0.1) is 0 Å². The molecule has 0 aromatic carbocycles. The predicted molar refractivity (Wildman–Crippen MR) is 106 cm³/mol. The topological polar surface area (TPSA) is 47.6 Å². The first-order valence-electron chi connectivity index (χ1n) is 9.29. The number of carbonyl (C=O) groups excluding carboxylic acids is 1. The van der Waals surface area contributed by atoms with Gasteiger partial charge in [0.05, 0.1) is 6.10 Å². The standard InChI is InChI=1S/C18H39NO3Si2/c1-12(2)18(6,7)24(10,11)21-14(5)15-16(20)19-17(15)22-23(8,9)13(3)4/h12-15,17H,1-11H3,(H,19,20)/t14?,15-,17+/m0/s1. The molecule has 0 radical (unpaired) electrons. The molecule has 1 fully saturated rings. The van der Waals surface area contributed by atoms with Gasteiger partial charge in [0.2, 0.25) is 5.91 Å². The second-order valence-electron chi connectivity index (χ2n) is 9.54. The Morgan fingerprint density at radius 3 is 1.92 bits per heavy atom. The third-order valence-electron chi connectivity index (χ3n) is 6.72. The van der Waals surface area contributed by atoms with Crippen molar-refractivity contribution >= 4 is 22.5 Å². The van der Waals surface area contributed by atoms with E-state index in [9.17, 15) is 4.79 Å². The Hall–Kier alpha value is -0.176. The van der Waals surface area contributed by atoms with E-state index in [2.05, 4.69) is 73.0 Å². The number of hydrogen-bond donors (Lipinski definition) is 1. The van der Waals surface area contributed by atoms with E-state index >= 15 is 0 Å². The van der Waals surface area contributed by atoms with Crippen LogP contribution in [0.15, 0.2) is 0 Å². The van der Waals surface area contributed by atoms with Crippen molar-refractivity contribution in [2.45, 2.75) is 97.6 Å². The molecule has 0 saturated carbocycles. The summed E-state index contributed by atoms with van der Waals surface area (Å²) in [6.07, 6.45) is -0.302. The van der Waals surface area contributed by atoms with Gasteiger partial charge in [-0.05, 0) is 49.6 Å². The summed E-state index contributed by atoms with van der Waals surface area (Å²) < 4.78 is 12.9. The van der Waals surface area contributed by atoms with Crippen LogP contribution in [0.4, 0.5) is 0 Å². The van der Waals surface area contributed by atoms with E-state index in [1.54, 1.807) is 0 Å². The maximum Gasteiger partial charge on any atom is 0.232 e. The number of carbonyl (C=O) groups is 1. The van der Waals surface area contributed by atoms with Gasteiger partial charge >= 0.3 is 0 Å². The Balaban J connectivity index is 2.82. The van der Waals surface area contributed by atoms with Gasteiger partial charge in [0.1, 0.15) is 12.1 Å². The molecule has 142 valence electrons. The molecule has 0 aromatic heterocycles. The van der Waals surface area contributed by atoms with Crippen LogP contribution in [0.3, 0.4) is 0 Å². The fourth-order valence-corrected chi connectivity index (χ4v) is 6.68. The highest BCUT2D eigenvalue weighted by atomic mass is 28.4. The fourth-order valence-electron chi connectivity index (χ4n) is 2.78. The summed E-state index contributed by atoms with van der Waals surface area (Å²) >= 11 is 0. The molecule has 24 heavy (non-hydrogen) atoms. The highest BCUT2D eigenvalue weighted by molar-refractivity contribution is 6.74.